The van der Waals surface area contributed by atoms with E-state index in [0.717, 1.165) is 62.5 Å². The zero-order valence-electron chi connectivity index (χ0n) is 21.8. The summed E-state index contributed by atoms with van der Waals surface area (Å²) in [7, 11) is 3.26. The lowest BCUT2D eigenvalue weighted by molar-refractivity contribution is 0.0516. The Bertz CT molecular complexity index is 1610. The molecule has 0 aliphatic carbocycles. The van der Waals surface area contributed by atoms with Crippen LogP contribution in [0.2, 0.25) is 0 Å². The lowest BCUT2D eigenvalue weighted by Crippen LogP contribution is -2.14. The van der Waals surface area contributed by atoms with Crippen LogP contribution in [0.5, 0.6) is 17.2 Å². The Morgan fingerprint density at radius 2 is 1.74 bits per heavy atom. The molecule has 0 spiro atoms. The highest BCUT2D eigenvalue weighted by molar-refractivity contribution is 7.00. The maximum atomic E-state index is 13.6. The van der Waals surface area contributed by atoms with Gasteiger partial charge < -0.3 is 23.5 Å². The molecule has 0 bridgehead atoms. The van der Waals surface area contributed by atoms with Crippen molar-refractivity contribution in [1.82, 2.24) is 13.3 Å². The molecule has 2 aromatic heterocycles. The molecule has 0 N–H and O–H groups in total. The fraction of sp³-hybridized carbons (Fsp3) is 0.276. The van der Waals surface area contributed by atoms with E-state index in [1.54, 1.807) is 21.1 Å². The summed E-state index contributed by atoms with van der Waals surface area (Å²) in [5.41, 5.74) is 5.38. The highest BCUT2D eigenvalue weighted by Gasteiger charge is 2.27. The van der Waals surface area contributed by atoms with E-state index in [2.05, 4.69) is 15.7 Å². The van der Waals surface area contributed by atoms with Gasteiger partial charge in [0, 0.05) is 22.0 Å². The lowest BCUT2D eigenvalue weighted by atomic mass is 10.0. The van der Waals surface area contributed by atoms with Crippen LogP contribution in [-0.4, -0.2) is 46.7 Å². The Hall–Kier alpha value is -4.11. The molecule has 8 nitrogen and oxygen atoms in total. The van der Waals surface area contributed by atoms with Gasteiger partial charge in [0.15, 0.2) is 0 Å². The van der Waals surface area contributed by atoms with Crippen molar-refractivity contribution < 1.29 is 23.7 Å². The number of nitrogens with zero attached hydrogens (tertiary/aromatic N) is 3. The van der Waals surface area contributed by atoms with Crippen molar-refractivity contribution in [1.29, 1.82) is 0 Å². The van der Waals surface area contributed by atoms with Crippen LogP contribution >= 0.6 is 11.7 Å². The summed E-state index contributed by atoms with van der Waals surface area (Å²) >= 11 is 1.16. The highest BCUT2D eigenvalue weighted by atomic mass is 32.1. The van der Waals surface area contributed by atoms with Crippen LogP contribution in [-0.2, 0) is 11.3 Å². The maximum Gasteiger partial charge on any atom is 0.355 e. The smallest absolute Gasteiger partial charge is 0.355 e. The summed E-state index contributed by atoms with van der Waals surface area (Å²) in [6.45, 7) is 5.09. The molecule has 0 atom stereocenters. The molecule has 0 aliphatic rings. The summed E-state index contributed by atoms with van der Waals surface area (Å²) < 4.78 is 33.4. The van der Waals surface area contributed by atoms with Crippen molar-refractivity contribution in [3.63, 3.8) is 0 Å². The van der Waals surface area contributed by atoms with Gasteiger partial charge in [0.2, 0.25) is 0 Å². The molecule has 5 rings (SSSR count). The van der Waals surface area contributed by atoms with Gasteiger partial charge in [0.05, 0.1) is 45.7 Å². The van der Waals surface area contributed by atoms with Crippen LogP contribution in [0.1, 0.15) is 36.3 Å². The Morgan fingerprint density at radius 3 is 2.50 bits per heavy atom. The minimum Gasteiger partial charge on any atom is -0.497 e. The first kappa shape index (κ1) is 25.5. The van der Waals surface area contributed by atoms with E-state index in [1.165, 1.54) is 0 Å². The first-order chi connectivity index (χ1) is 18.6. The number of rotatable bonds is 10. The minimum atomic E-state index is -0.409. The lowest BCUT2D eigenvalue weighted by Gasteiger charge is -2.15. The number of hydrogen-bond acceptors (Lipinski definition) is 8. The Balaban J connectivity index is 1.80. The standard InChI is InChI=1S/C29H29N3O5S/c1-5-13-37-21-8-11-25-22(16-21)27(18-7-10-23-24(15-18)31-38-30-23)28(29(33)36-6-2)32(25)17-19-14-20(34-3)9-12-26(19)35-4/h7-12,14-16H,5-6,13,17H2,1-4H3. The van der Waals surface area contributed by atoms with Crippen molar-refractivity contribution in [2.45, 2.75) is 26.8 Å². The molecule has 0 unspecified atom stereocenters. The second kappa shape index (κ2) is 11.1. The predicted molar refractivity (Wildman–Crippen MR) is 149 cm³/mol. The Labute approximate surface area is 225 Å². The van der Waals surface area contributed by atoms with Crippen LogP contribution in [0, 0.1) is 0 Å². The molecule has 5 aromatic rings. The second-order valence-electron chi connectivity index (χ2n) is 8.70. The van der Waals surface area contributed by atoms with E-state index in [0.29, 0.717) is 30.3 Å². The molecular formula is C29H29N3O5S. The molecule has 0 fully saturated rings. The normalized spacial score (nSPS) is 11.2. The third-order valence-electron chi connectivity index (χ3n) is 6.33. The number of carbonyl (C=O) groups excluding carboxylic acids is 1. The van der Waals surface area contributed by atoms with Crippen LogP contribution in [0.3, 0.4) is 0 Å². The number of esters is 1. The van der Waals surface area contributed by atoms with Crippen molar-refractivity contribution in [2.75, 3.05) is 27.4 Å². The number of methoxy groups -OCH3 is 2. The van der Waals surface area contributed by atoms with Gasteiger partial charge in [0.1, 0.15) is 34.0 Å². The van der Waals surface area contributed by atoms with E-state index >= 15 is 0 Å². The van der Waals surface area contributed by atoms with Gasteiger partial charge in [-0.3, -0.25) is 0 Å². The van der Waals surface area contributed by atoms with Gasteiger partial charge >= 0.3 is 5.97 Å². The molecule has 0 amide bonds. The molecule has 0 radical (unpaired) electrons. The van der Waals surface area contributed by atoms with E-state index in [9.17, 15) is 4.79 Å². The molecule has 0 saturated carbocycles. The van der Waals surface area contributed by atoms with Crippen molar-refractivity contribution >= 4 is 39.6 Å². The second-order valence-corrected chi connectivity index (χ2v) is 9.23. The zero-order chi connectivity index (χ0) is 26.6. The number of carbonyl (C=O) groups is 1. The van der Waals surface area contributed by atoms with E-state index in [1.807, 2.05) is 59.2 Å². The Morgan fingerprint density at radius 1 is 0.921 bits per heavy atom. The summed E-state index contributed by atoms with van der Waals surface area (Å²) in [6.07, 6.45) is 0.892. The summed E-state index contributed by atoms with van der Waals surface area (Å²) in [5.74, 6) is 1.73. The van der Waals surface area contributed by atoms with Gasteiger partial charge in [-0.2, -0.15) is 8.75 Å². The van der Waals surface area contributed by atoms with Crippen LogP contribution in [0.25, 0.3) is 33.1 Å². The summed E-state index contributed by atoms with van der Waals surface area (Å²) in [5, 5.41) is 0.881. The molecule has 38 heavy (non-hydrogen) atoms. The van der Waals surface area contributed by atoms with Crippen molar-refractivity contribution in [3.05, 3.63) is 65.9 Å². The number of aromatic nitrogens is 3. The molecule has 9 heteroatoms. The first-order valence-electron chi connectivity index (χ1n) is 12.5. The van der Waals surface area contributed by atoms with Crippen LogP contribution in [0.4, 0.5) is 0 Å². The minimum absolute atomic E-state index is 0.252. The van der Waals surface area contributed by atoms with Gasteiger partial charge in [0.25, 0.3) is 0 Å². The molecular weight excluding hydrogens is 502 g/mol. The molecule has 3 aromatic carbocycles. The number of hydrogen-bond donors (Lipinski definition) is 0. The average molecular weight is 532 g/mol. The van der Waals surface area contributed by atoms with E-state index < -0.39 is 5.97 Å². The number of fused-ring (bicyclic) bond motifs is 2. The van der Waals surface area contributed by atoms with Gasteiger partial charge in [-0.25, -0.2) is 4.79 Å². The highest BCUT2D eigenvalue weighted by Crippen LogP contribution is 2.39. The van der Waals surface area contributed by atoms with E-state index in [4.69, 9.17) is 18.9 Å². The maximum absolute atomic E-state index is 13.6. The quantitative estimate of drug-likeness (QED) is 0.194. The van der Waals surface area contributed by atoms with Crippen molar-refractivity contribution in [2.24, 2.45) is 0 Å². The third kappa shape index (κ3) is 4.77. The molecule has 0 aliphatic heterocycles. The largest absolute Gasteiger partial charge is 0.497 e. The molecule has 0 saturated heterocycles. The van der Waals surface area contributed by atoms with Gasteiger partial charge in [-0.15, -0.1) is 0 Å². The zero-order valence-corrected chi connectivity index (χ0v) is 22.6. The van der Waals surface area contributed by atoms with Crippen molar-refractivity contribution in [3.8, 4) is 28.4 Å². The van der Waals surface area contributed by atoms with E-state index in [-0.39, 0.29) is 6.61 Å². The summed E-state index contributed by atoms with van der Waals surface area (Å²) in [6, 6.07) is 17.4. The van der Waals surface area contributed by atoms with Crippen LogP contribution < -0.4 is 14.2 Å². The molecule has 196 valence electrons. The monoisotopic (exact) mass is 531 g/mol. The fourth-order valence-electron chi connectivity index (χ4n) is 4.63. The topological polar surface area (TPSA) is 84.7 Å². The Kier molecular flexibility index (Phi) is 7.46. The summed E-state index contributed by atoms with van der Waals surface area (Å²) in [4.78, 5) is 13.6. The van der Waals surface area contributed by atoms with Crippen LogP contribution in [0.15, 0.2) is 54.6 Å². The predicted octanol–water partition coefficient (Wildman–Crippen LogP) is 6.34. The molecule has 2 heterocycles. The van der Waals surface area contributed by atoms with Gasteiger partial charge in [-0.1, -0.05) is 13.0 Å². The number of benzene rings is 3. The third-order valence-corrected chi connectivity index (χ3v) is 6.89. The average Bonchev–Trinajstić information content (AvgIpc) is 3.53. The first-order valence-corrected chi connectivity index (χ1v) is 13.2. The fourth-order valence-corrected chi connectivity index (χ4v) is 5.14. The SMILES string of the molecule is CCCOc1ccc2c(c1)c(-c1ccc3nsnc3c1)c(C(=O)OCC)n2Cc1cc(OC)ccc1OC. The van der Waals surface area contributed by atoms with Gasteiger partial charge in [-0.05, 0) is 67.4 Å². The number of ether oxygens (including phenoxy) is 4.